The molecule has 6 heteroatoms. The van der Waals surface area contributed by atoms with Gasteiger partial charge >= 0.3 is 0 Å². The van der Waals surface area contributed by atoms with Crippen molar-refractivity contribution in [2.24, 2.45) is 4.99 Å². The summed E-state index contributed by atoms with van der Waals surface area (Å²) in [6.07, 6.45) is 3.18. The van der Waals surface area contributed by atoms with Crippen molar-refractivity contribution < 1.29 is 0 Å². The van der Waals surface area contributed by atoms with Crippen LogP contribution in [0.25, 0.3) is 0 Å². The van der Waals surface area contributed by atoms with Gasteiger partial charge in [0, 0.05) is 6.54 Å². The first-order valence-electron chi connectivity index (χ1n) is 8.15. The first kappa shape index (κ1) is 15.1. The standard InChI is InChI=1S/C16H24N5O/c1-3-20(4-2)11-10-17-16-18-14-9-8-12-6-5-7-13(12)15(14)21(22)19-16/h8-9H,3-7,10-11H2,1-2H3,(H2,17,18,19)/q-1. The highest BCUT2D eigenvalue weighted by molar-refractivity contribution is 6.02. The summed E-state index contributed by atoms with van der Waals surface area (Å²) in [5.41, 5.74) is 6.87. The first-order valence-corrected chi connectivity index (χ1v) is 8.15. The highest BCUT2D eigenvalue weighted by atomic mass is 16.5. The van der Waals surface area contributed by atoms with E-state index in [9.17, 15) is 5.21 Å². The molecule has 6 nitrogen and oxygen atoms in total. The monoisotopic (exact) mass is 302 g/mol. The number of hydrazine groups is 1. The van der Waals surface area contributed by atoms with Gasteiger partial charge < -0.3 is 20.6 Å². The largest absolute Gasteiger partial charge is 0.739 e. The van der Waals surface area contributed by atoms with Crippen LogP contribution in [0.1, 0.15) is 31.4 Å². The highest BCUT2D eigenvalue weighted by Crippen LogP contribution is 2.38. The Balaban J connectivity index is 1.72. The van der Waals surface area contributed by atoms with E-state index in [0.717, 1.165) is 55.4 Å². The number of hydrogen-bond donors (Lipinski definition) is 2. The Bertz CT molecular complexity index is 568. The number of aliphatic imine (C=N–C) groups is 1. The fourth-order valence-corrected chi connectivity index (χ4v) is 3.21. The molecule has 2 aliphatic rings. The maximum Gasteiger partial charge on any atom is 0.214 e. The van der Waals surface area contributed by atoms with Crippen LogP contribution in [0.3, 0.4) is 0 Å². The van der Waals surface area contributed by atoms with E-state index >= 15 is 0 Å². The van der Waals surface area contributed by atoms with Gasteiger partial charge in [0.2, 0.25) is 5.96 Å². The summed E-state index contributed by atoms with van der Waals surface area (Å²) in [5.74, 6) is 0.535. The van der Waals surface area contributed by atoms with Crippen molar-refractivity contribution in [3.63, 3.8) is 0 Å². The van der Waals surface area contributed by atoms with E-state index < -0.39 is 0 Å². The summed E-state index contributed by atoms with van der Waals surface area (Å²) >= 11 is 0. The molecule has 3 rings (SSSR count). The number of benzene rings is 1. The van der Waals surface area contributed by atoms with Gasteiger partial charge in [-0.05, 0) is 49.5 Å². The molecule has 0 bridgehead atoms. The molecule has 0 spiro atoms. The summed E-state index contributed by atoms with van der Waals surface area (Å²) in [6, 6.07) is 4.12. The zero-order valence-electron chi connectivity index (χ0n) is 13.4. The molecule has 1 aliphatic carbocycles. The number of likely N-dealkylation sites (N-methyl/N-ethyl adjacent to an activating group) is 1. The molecule has 1 aromatic carbocycles. The maximum absolute atomic E-state index is 12.3. The summed E-state index contributed by atoms with van der Waals surface area (Å²) in [5, 5.41) is 16.5. The average Bonchev–Trinajstić information content (AvgIpc) is 2.99. The molecule has 0 radical (unpaired) electrons. The minimum Gasteiger partial charge on any atom is -0.739 e. The van der Waals surface area contributed by atoms with Crippen LogP contribution in [0.15, 0.2) is 17.1 Å². The van der Waals surface area contributed by atoms with E-state index in [2.05, 4.69) is 40.5 Å². The van der Waals surface area contributed by atoms with Gasteiger partial charge in [0.05, 0.1) is 17.9 Å². The second kappa shape index (κ2) is 6.54. The Morgan fingerprint density at radius 3 is 2.86 bits per heavy atom. The number of guanidine groups is 1. The van der Waals surface area contributed by atoms with Gasteiger partial charge in [-0.1, -0.05) is 19.9 Å². The third-order valence-corrected chi connectivity index (χ3v) is 4.50. The lowest BCUT2D eigenvalue weighted by Crippen LogP contribution is -2.47. The molecule has 0 aromatic heterocycles. The molecule has 0 unspecified atom stereocenters. The molecule has 0 saturated heterocycles. The van der Waals surface area contributed by atoms with Crippen molar-refractivity contribution in [3.8, 4) is 0 Å². The fraction of sp³-hybridized carbons (Fsp3) is 0.562. The SMILES string of the molecule is CCN(CC)CCN=C1Nc2ccc3c(c2N([O-])N1)CCC3. The van der Waals surface area contributed by atoms with Gasteiger partial charge in [-0.2, -0.15) is 0 Å². The molecule has 0 atom stereocenters. The predicted molar refractivity (Wildman–Crippen MR) is 91.2 cm³/mol. The third-order valence-electron chi connectivity index (χ3n) is 4.50. The molecule has 1 aliphatic heterocycles. The molecule has 0 amide bonds. The van der Waals surface area contributed by atoms with E-state index in [4.69, 9.17) is 0 Å². The number of aryl methyl sites for hydroxylation is 1. The number of nitrogens with one attached hydrogen (secondary N) is 2. The van der Waals surface area contributed by atoms with Crippen molar-refractivity contribution >= 4 is 17.3 Å². The third kappa shape index (κ3) is 2.89. The second-order valence-corrected chi connectivity index (χ2v) is 5.74. The van der Waals surface area contributed by atoms with Crippen LogP contribution in [0.2, 0.25) is 0 Å². The zero-order chi connectivity index (χ0) is 15.5. The maximum atomic E-state index is 12.3. The Morgan fingerprint density at radius 1 is 1.27 bits per heavy atom. The van der Waals surface area contributed by atoms with Crippen LogP contribution in [-0.2, 0) is 12.8 Å². The van der Waals surface area contributed by atoms with Crippen LogP contribution in [0, 0.1) is 5.21 Å². The lowest BCUT2D eigenvalue weighted by molar-refractivity contribution is 0.313. The Kier molecular flexibility index (Phi) is 4.49. The minimum absolute atomic E-state index is 0.535. The van der Waals surface area contributed by atoms with Crippen LogP contribution in [-0.4, -0.2) is 37.0 Å². The van der Waals surface area contributed by atoms with Gasteiger partial charge in [0.15, 0.2) is 0 Å². The zero-order valence-corrected chi connectivity index (χ0v) is 13.4. The van der Waals surface area contributed by atoms with E-state index in [1.54, 1.807) is 0 Å². The van der Waals surface area contributed by atoms with Crippen LogP contribution >= 0.6 is 0 Å². The van der Waals surface area contributed by atoms with Gasteiger partial charge in [0.1, 0.15) is 0 Å². The fourth-order valence-electron chi connectivity index (χ4n) is 3.21. The van der Waals surface area contributed by atoms with Gasteiger partial charge in [-0.25, -0.2) is 0 Å². The Labute approximate surface area is 131 Å². The topological polar surface area (TPSA) is 66.0 Å². The number of anilines is 2. The predicted octanol–water partition coefficient (Wildman–Crippen LogP) is 2.11. The Hall–Kier alpha value is -1.79. The van der Waals surface area contributed by atoms with Gasteiger partial charge in [-0.15, -0.1) is 0 Å². The number of rotatable bonds is 5. The molecule has 1 heterocycles. The van der Waals surface area contributed by atoms with Crippen LogP contribution in [0.4, 0.5) is 11.4 Å². The van der Waals surface area contributed by atoms with Crippen molar-refractivity contribution in [1.82, 2.24) is 10.3 Å². The molecule has 0 fully saturated rings. The van der Waals surface area contributed by atoms with E-state index in [1.807, 2.05) is 6.07 Å². The summed E-state index contributed by atoms with van der Waals surface area (Å²) in [7, 11) is 0. The minimum atomic E-state index is 0.535. The molecule has 0 saturated carbocycles. The summed E-state index contributed by atoms with van der Waals surface area (Å²) in [6.45, 7) is 7.89. The lowest BCUT2D eigenvalue weighted by Gasteiger charge is -2.39. The number of nitrogens with zero attached hydrogens (tertiary/aromatic N) is 3. The molecular weight excluding hydrogens is 278 g/mol. The highest BCUT2D eigenvalue weighted by Gasteiger charge is 2.22. The van der Waals surface area contributed by atoms with Gasteiger partial charge in [0.25, 0.3) is 0 Å². The van der Waals surface area contributed by atoms with Crippen molar-refractivity contribution in [2.75, 3.05) is 36.7 Å². The summed E-state index contributed by atoms with van der Waals surface area (Å²) in [4.78, 5) is 6.78. The number of hydrogen-bond acceptors (Lipinski definition) is 4. The average molecular weight is 302 g/mol. The first-order chi connectivity index (χ1) is 10.7. The smallest absolute Gasteiger partial charge is 0.214 e. The van der Waals surface area contributed by atoms with Crippen LogP contribution < -0.4 is 15.9 Å². The normalized spacial score (nSPS) is 18.2. The Morgan fingerprint density at radius 2 is 2.09 bits per heavy atom. The molecule has 1 aromatic rings. The van der Waals surface area contributed by atoms with E-state index in [0.29, 0.717) is 12.5 Å². The van der Waals surface area contributed by atoms with Gasteiger partial charge in [-0.3, -0.25) is 10.4 Å². The molecule has 2 N–H and O–H groups in total. The van der Waals surface area contributed by atoms with Crippen LogP contribution in [0.5, 0.6) is 0 Å². The van der Waals surface area contributed by atoms with E-state index in [-0.39, 0.29) is 0 Å². The lowest BCUT2D eigenvalue weighted by atomic mass is 10.1. The van der Waals surface area contributed by atoms with E-state index in [1.165, 1.54) is 11.1 Å². The quantitative estimate of drug-likeness (QED) is 0.872. The molecular formula is C16H24N5O-. The number of fused-ring (bicyclic) bond motifs is 3. The molecule has 22 heavy (non-hydrogen) atoms. The van der Waals surface area contributed by atoms with Crippen molar-refractivity contribution in [1.29, 1.82) is 0 Å². The van der Waals surface area contributed by atoms with Crippen molar-refractivity contribution in [2.45, 2.75) is 33.1 Å². The second-order valence-electron chi connectivity index (χ2n) is 5.74. The summed E-state index contributed by atoms with van der Waals surface area (Å²) < 4.78 is 0. The van der Waals surface area contributed by atoms with Crippen molar-refractivity contribution in [3.05, 3.63) is 28.5 Å². The molecule has 120 valence electrons.